The second-order valence-electron chi connectivity index (χ2n) is 3.17. The second kappa shape index (κ2) is 4.32. The monoisotopic (exact) mass is 216 g/mol. The van der Waals surface area contributed by atoms with E-state index in [-0.39, 0.29) is 0 Å². The van der Waals surface area contributed by atoms with E-state index in [0.717, 1.165) is 11.3 Å². The normalized spacial score (nSPS) is 9.93. The molecule has 0 saturated carbocycles. The number of methoxy groups -OCH3 is 1. The van der Waals surface area contributed by atoms with Gasteiger partial charge in [0.2, 0.25) is 0 Å². The van der Waals surface area contributed by atoms with Crippen molar-refractivity contribution in [3.8, 4) is 16.9 Å². The van der Waals surface area contributed by atoms with Gasteiger partial charge in [0, 0.05) is 5.56 Å². The van der Waals surface area contributed by atoms with Crippen LogP contribution in [0.3, 0.4) is 0 Å². The SMILES string of the molecule is C=Cc1cc(-c2ccsc2)ccc1OC. The lowest BCUT2D eigenvalue weighted by Gasteiger charge is -2.06. The molecule has 0 aliphatic carbocycles. The quantitative estimate of drug-likeness (QED) is 0.751. The Bertz CT molecular complexity index is 457. The summed E-state index contributed by atoms with van der Waals surface area (Å²) in [6, 6.07) is 8.24. The van der Waals surface area contributed by atoms with Crippen molar-refractivity contribution >= 4 is 17.4 Å². The largest absolute Gasteiger partial charge is 0.496 e. The van der Waals surface area contributed by atoms with Gasteiger partial charge in [-0.05, 0) is 40.1 Å². The zero-order valence-electron chi connectivity index (χ0n) is 8.57. The number of hydrogen-bond donors (Lipinski definition) is 0. The number of thiophene rings is 1. The third-order valence-electron chi connectivity index (χ3n) is 2.30. The Morgan fingerprint density at radius 2 is 2.13 bits per heavy atom. The Morgan fingerprint density at radius 3 is 2.73 bits per heavy atom. The smallest absolute Gasteiger partial charge is 0.126 e. The van der Waals surface area contributed by atoms with Crippen molar-refractivity contribution in [2.24, 2.45) is 0 Å². The zero-order valence-corrected chi connectivity index (χ0v) is 9.38. The minimum atomic E-state index is 0.865. The molecule has 0 unspecified atom stereocenters. The second-order valence-corrected chi connectivity index (χ2v) is 3.95. The molecule has 0 aliphatic heterocycles. The Labute approximate surface area is 93.6 Å². The number of ether oxygens (including phenoxy) is 1. The summed E-state index contributed by atoms with van der Waals surface area (Å²) >= 11 is 1.70. The lowest BCUT2D eigenvalue weighted by Crippen LogP contribution is -1.87. The van der Waals surface area contributed by atoms with Gasteiger partial charge in [0.15, 0.2) is 0 Å². The van der Waals surface area contributed by atoms with Crippen molar-refractivity contribution in [3.63, 3.8) is 0 Å². The van der Waals surface area contributed by atoms with Gasteiger partial charge < -0.3 is 4.74 Å². The molecule has 2 heteroatoms. The van der Waals surface area contributed by atoms with Crippen LogP contribution in [0.4, 0.5) is 0 Å². The number of hydrogen-bond acceptors (Lipinski definition) is 2. The van der Waals surface area contributed by atoms with Crippen LogP contribution in [0.15, 0.2) is 41.6 Å². The van der Waals surface area contributed by atoms with Crippen molar-refractivity contribution < 1.29 is 4.74 Å². The van der Waals surface area contributed by atoms with Gasteiger partial charge in [-0.15, -0.1) is 0 Å². The minimum Gasteiger partial charge on any atom is -0.496 e. The molecule has 0 aliphatic rings. The minimum absolute atomic E-state index is 0.865. The van der Waals surface area contributed by atoms with Gasteiger partial charge in [0.25, 0.3) is 0 Å². The molecule has 0 spiro atoms. The molecule has 0 atom stereocenters. The molecule has 1 nitrogen and oxygen atoms in total. The van der Waals surface area contributed by atoms with E-state index in [1.165, 1.54) is 11.1 Å². The van der Waals surface area contributed by atoms with Crippen molar-refractivity contribution in [1.29, 1.82) is 0 Å². The summed E-state index contributed by atoms with van der Waals surface area (Å²) in [5.74, 6) is 0.865. The number of benzene rings is 1. The van der Waals surface area contributed by atoms with E-state index in [2.05, 4.69) is 35.5 Å². The van der Waals surface area contributed by atoms with Gasteiger partial charge >= 0.3 is 0 Å². The Hall–Kier alpha value is -1.54. The van der Waals surface area contributed by atoms with Crippen LogP contribution in [0.5, 0.6) is 5.75 Å². The maximum absolute atomic E-state index is 5.24. The highest BCUT2D eigenvalue weighted by Gasteiger charge is 2.03. The predicted octanol–water partition coefficient (Wildman–Crippen LogP) is 4.07. The van der Waals surface area contributed by atoms with Crippen LogP contribution in [0.1, 0.15) is 5.56 Å². The van der Waals surface area contributed by atoms with E-state index in [1.54, 1.807) is 18.4 Å². The van der Waals surface area contributed by atoms with Gasteiger partial charge in [-0.2, -0.15) is 11.3 Å². The van der Waals surface area contributed by atoms with Crippen LogP contribution in [0, 0.1) is 0 Å². The fourth-order valence-corrected chi connectivity index (χ4v) is 2.17. The lowest BCUT2D eigenvalue weighted by molar-refractivity contribution is 0.414. The molecule has 0 fully saturated rings. The summed E-state index contributed by atoms with van der Waals surface area (Å²) in [6.07, 6.45) is 1.81. The molecule has 2 rings (SSSR count). The highest BCUT2D eigenvalue weighted by Crippen LogP contribution is 2.28. The van der Waals surface area contributed by atoms with Crippen molar-refractivity contribution in [2.45, 2.75) is 0 Å². The van der Waals surface area contributed by atoms with Gasteiger partial charge in [0.1, 0.15) is 5.75 Å². The summed E-state index contributed by atoms with van der Waals surface area (Å²) in [6.45, 7) is 3.78. The Morgan fingerprint density at radius 1 is 1.27 bits per heavy atom. The van der Waals surface area contributed by atoms with E-state index < -0.39 is 0 Å². The highest BCUT2D eigenvalue weighted by atomic mass is 32.1. The van der Waals surface area contributed by atoms with E-state index in [0.29, 0.717) is 0 Å². The first-order valence-corrected chi connectivity index (χ1v) is 5.62. The molecular formula is C13H12OS. The Kier molecular flexibility index (Phi) is 2.88. The molecule has 0 saturated heterocycles. The van der Waals surface area contributed by atoms with Crippen LogP contribution < -0.4 is 4.74 Å². The average Bonchev–Trinajstić information content (AvgIpc) is 2.81. The van der Waals surface area contributed by atoms with Gasteiger partial charge in [-0.1, -0.05) is 18.7 Å². The molecule has 1 aromatic heterocycles. The molecule has 0 N–H and O–H groups in total. The summed E-state index contributed by atoms with van der Waals surface area (Å²) in [7, 11) is 1.67. The maximum Gasteiger partial charge on any atom is 0.126 e. The molecule has 1 heterocycles. The first kappa shape index (κ1) is 9.99. The highest BCUT2D eigenvalue weighted by molar-refractivity contribution is 7.08. The van der Waals surface area contributed by atoms with E-state index in [9.17, 15) is 0 Å². The fourth-order valence-electron chi connectivity index (χ4n) is 1.50. The Balaban J connectivity index is 2.48. The third-order valence-corrected chi connectivity index (χ3v) is 2.99. The van der Waals surface area contributed by atoms with Crippen molar-refractivity contribution in [1.82, 2.24) is 0 Å². The van der Waals surface area contributed by atoms with Crippen LogP contribution in [-0.4, -0.2) is 7.11 Å². The molecule has 2 aromatic rings. The summed E-state index contributed by atoms with van der Waals surface area (Å²) in [5, 5.41) is 4.21. The standard InChI is InChI=1S/C13H12OS/c1-3-10-8-11(4-5-13(10)14-2)12-6-7-15-9-12/h3-9H,1H2,2H3. The maximum atomic E-state index is 5.24. The van der Waals surface area contributed by atoms with Crippen LogP contribution in [0.2, 0.25) is 0 Å². The van der Waals surface area contributed by atoms with Gasteiger partial charge in [-0.3, -0.25) is 0 Å². The molecule has 1 aromatic carbocycles. The zero-order chi connectivity index (χ0) is 10.7. The molecular weight excluding hydrogens is 204 g/mol. The van der Waals surface area contributed by atoms with E-state index >= 15 is 0 Å². The topological polar surface area (TPSA) is 9.23 Å². The first-order chi connectivity index (χ1) is 7.35. The molecule has 0 amide bonds. The van der Waals surface area contributed by atoms with Crippen LogP contribution in [-0.2, 0) is 0 Å². The van der Waals surface area contributed by atoms with Gasteiger partial charge in [-0.25, -0.2) is 0 Å². The van der Waals surface area contributed by atoms with Crippen molar-refractivity contribution in [2.75, 3.05) is 7.11 Å². The lowest BCUT2D eigenvalue weighted by atomic mass is 10.1. The van der Waals surface area contributed by atoms with Crippen molar-refractivity contribution in [3.05, 3.63) is 47.2 Å². The summed E-state index contributed by atoms with van der Waals surface area (Å²) in [5.41, 5.74) is 3.47. The molecule has 76 valence electrons. The third kappa shape index (κ3) is 1.95. The van der Waals surface area contributed by atoms with Crippen LogP contribution in [0.25, 0.3) is 17.2 Å². The summed E-state index contributed by atoms with van der Waals surface area (Å²) in [4.78, 5) is 0. The first-order valence-electron chi connectivity index (χ1n) is 4.68. The summed E-state index contributed by atoms with van der Waals surface area (Å²) < 4.78 is 5.24. The van der Waals surface area contributed by atoms with Gasteiger partial charge in [0.05, 0.1) is 7.11 Å². The fraction of sp³-hybridized carbons (Fsp3) is 0.0769. The predicted molar refractivity (Wildman–Crippen MR) is 66.4 cm³/mol. The van der Waals surface area contributed by atoms with Crippen LogP contribution >= 0.6 is 11.3 Å². The molecule has 15 heavy (non-hydrogen) atoms. The average molecular weight is 216 g/mol. The molecule has 0 bridgehead atoms. The molecule has 0 radical (unpaired) electrons. The van der Waals surface area contributed by atoms with E-state index in [4.69, 9.17) is 4.74 Å². The van der Waals surface area contributed by atoms with E-state index in [1.807, 2.05) is 12.1 Å². The number of rotatable bonds is 3.